The maximum Gasteiger partial charge on any atom is 0.174 e. The summed E-state index contributed by atoms with van der Waals surface area (Å²) in [7, 11) is 0. The number of hydrogen-bond donors (Lipinski definition) is 1. The molecule has 0 bridgehead atoms. The first kappa shape index (κ1) is 9.45. The normalized spacial score (nSPS) is 12.3. The van der Waals surface area contributed by atoms with E-state index in [0.29, 0.717) is 6.42 Å². The highest BCUT2D eigenvalue weighted by atomic mass is 32.2. The number of aromatic nitrogens is 2. The molecule has 0 saturated heterocycles. The van der Waals surface area contributed by atoms with Crippen molar-refractivity contribution in [3.63, 3.8) is 0 Å². The van der Waals surface area contributed by atoms with Gasteiger partial charge in [0.15, 0.2) is 4.34 Å². The van der Waals surface area contributed by atoms with E-state index in [1.807, 2.05) is 6.07 Å². The molecule has 1 heterocycles. The molecule has 0 aliphatic heterocycles. The van der Waals surface area contributed by atoms with E-state index in [0.717, 1.165) is 10.1 Å². The quantitative estimate of drug-likeness (QED) is 0.730. The Morgan fingerprint density at radius 3 is 3.25 bits per heavy atom. The minimum Gasteiger partial charge on any atom is -0.316 e. The lowest BCUT2D eigenvalue weighted by atomic mass is 10.3. The Hall–Kier alpha value is -0.640. The molecule has 1 atom stereocenters. The summed E-state index contributed by atoms with van der Waals surface area (Å²) in [6.07, 6.45) is 0.695. The molecular weight excluding hydrogens is 192 g/mol. The number of nitrogens with zero attached hydrogens (tertiary/aromatic N) is 3. The molecule has 1 rings (SSSR count). The Bertz CT molecular complexity index is 253. The van der Waals surface area contributed by atoms with Crippen LogP contribution in [-0.4, -0.2) is 22.0 Å². The third kappa shape index (κ3) is 3.17. The van der Waals surface area contributed by atoms with Crippen LogP contribution in [0.4, 0.5) is 0 Å². The van der Waals surface area contributed by atoms with Gasteiger partial charge in [-0.25, -0.2) is 0 Å². The first-order chi connectivity index (χ1) is 5.83. The summed E-state index contributed by atoms with van der Waals surface area (Å²) in [5.41, 5.74) is 7.09. The van der Waals surface area contributed by atoms with Crippen molar-refractivity contribution >= 4 is 23.1 Å². The molecule has 0 saturated carbocycles. The fraction of sp³-hybridized carbons (Fsp3) is 0.500. The van der Waals surface area contributed by atoms with E-state index in [-0.39, 0.29) is 6.04 Å². The Morgan fingerprint density at radius 1 is 1.83 bits per heavy atom. The van der Waals surface area contributed by atoms with Crippen molar-refractivity contribution in [1.29, 1.82) is 5.26 Å². The van der Waals surface area contributed by atoms with Gasteiger partial charge in [-0.1, -0.05) is 23.1 Å². The maximum absolute atomic E-state index is 8.38. The topological polar surface area (TPSA) is 75.6 Å². The number of nitriles is 1. The van der Waals surface area contributed by atoms with Gasteiger partial charge in [0.2, 0.25) is 0 Å². The second-order valence-electron chi connectivity index (χ2n) is 2.08. The number of nitrogens with two attached hydrogens (primary N) is 1. The van der Waals surface area contributed by atoms with Crippen molar-refractivity contribution in [3.05, 3.63) is 5.51 Å². The summed E-state index contributed by atoms with van der Waals surface area (Å²) in [5.74, 6) is 0.823. The van der Waals surface area contributed by atoms with E-state index in [2.05, 4.69) is 10.2 Å². The van der Waals surface area contributed by atoms with Gasteiger partial charge in [0, 0.05) is 5.75 Å². The zero-order valence-electron chi connectivity index (χ0n) is 6.30. The molecule has 0 amide bonds. The van der Waals surface area contributed by atoms with Crippen LogP contribution in [0, 0.1) is 11.3 Å². The lowest BCUT2D eigenvalue weighted by Gasteiger charge is -1.98. The van der Waals surface area contributed by atoms with Crippen molar-refractivity contribution in [3.8, 4) is 6.07 Å². The average molecular weight is 200 g/mol. The fourth-order valence-electron chi connectivity index (χ4n) is 0.564. The summed E-state index contributed by atoms with van der Waals surface area (Å²) < 4.78 is 0.931. The Morgan fingerprint density at radius 2 is 2.67 bits per heavy atom. The van der Waals surface area contributed by atoms with Gasteiger partial charge in [-0.3, -0.25) is 0 Å². The lowest BCUT2D eigenvalue weighted by Crippen LogP contribution is -2.17. The minimum atomic E-state index is -0.356. The summed E-state index contributed by atoms with van der Waals surface area (Å²) in [6, 6.07) is 1.62. The van der Waals surface area contributed by atoms with Crippen LogP contribution < -0.4 is 5.73 Å². The summed E-state index contributed by atoms with van der Waals surface area (Å²) >= 11 is 3.08. The van der Waals surface area contributed by atoms with Gasteiger partial charge in [-0.15, -0.1) is 10.2 Å². The Labute approximate surface area is 78.8 Å². The summed E-state index contributed by atoms with van der Waals surface area (Å²) in [6.45, 7) is 0. The van der Waals surface area contributed by atoms with Crippen LogP contribution in [0.2, 0.25) is 0 Å². The Kier molecular flexibility index (Phi) is 4.00. The third-order valence-electron chi connectivity index (χ3n) is 1.16. The number of thioether (sulfide) groups is 1. The SMILES string of the molecule is N#CC(N)CCSc1nncs1. The van der Waals surface area contributed by atoms with Crippen molar-refractivity contribution in [2.45, 2.75) is 16.8 Å². The van der Waals surface area contributed by atoms with Crippen molar-refractivity contribution in [2.75, 3.05) is 5.75 Å². The van der Waals surface area contributed by atoms with Gasteiger partial charge in [0.25, 0.3) is 0 Å². The lowest BCUT2D eigenvalue weighted by molar-refractivity contribution is 0.802. The second kappa shape index (κ2) is 5.09. The number of rotatable bonds is 4. The van der Waals surface area contributed by atoms with E-state index in [4.69, 9.17) is 11.0 Å². The van der Waals surface area contributed by atoms with Crippen LogP contribution >= 0.6 is 23.1 Å². The second-order valence-corrected chi connectivity index (χ2v) is 4.25. The van der Waals surface area contributed by atoms with E-state index in [9.17, 15) is 0 Å². The van der Waals surface area contributed by atoms with E-state index in [1.165, 1.54) is 11.3 Å². The molecule has 0 aliphatic rings. The molecule has 12 heavy (non-hydrogen) atoms. The molecule has 1 aromatic heterocycles. The Balaban J connectivity index is 2.16. The van der Waals surface area contributed by atoms with Gasteiger partial charge in [-0.05, 0) is 6.42 Å². The molecule has 0 fully saturated rings. The van der Waals surface area contributed by atoms with Gasteiger partial charge in [0.1, 0.15) is 5.51 Å². The van der Waals surface area contributed by atoms with Crippen LogP contribution in [0.3, 0.4) is 0 Å². The first-order valence-corrected chi connectivity index (χ1v) is 5.23. The van der Waals surface area contributed by atoms with Crippen LogP contribution in [0.5, 0.6) is 0 Å². The van der Waals surface area contributed by atoms with Crippen molar-refractivity contribution < 1.29 is 0 Å². The van der Waals surface area contributed by atoms with Crippen molar-refractivity contribution in [1.82, 2.24) is 10.2 Å². The molecule has 6 heteroatoms. The highest BCUT2D eigenvalue weighted by molar-refractivity contribution is 8.00. The van der Waals surface area contributed by atoms with E-state index >= 15 is 0 Å². The van der Waals surface area contributed by atoms with E-state index in [1.54, 1.807) is 17.3 Å². The smallest absolute Gasteiger partial charge is 0.174 e. The van der Waals surface area contributed by atoms with Gasteiger partial charge in [-0.2, -0.15) is 5.26 Å². The first-order valence-electron chi connectivity index (χ1n) is 3.37. The molecule has 0 aromatic carbocycles. The van der Waals surface area contributed by atoms with Gasteiger partial charge < -0.3 is 5.73 Å². The molecule has 0 aliphatic carbocycles. The van der Waals surface area contributed by atoms with Crippen LogP contribution in [0.25, 0.3) is 0 Å². The summed E-state index contributed by atoms with van der Waals surface area (Å²) in [4.78, 5) is 0. The van der Waals surface area contributed by atoms with Gasteiger partial charge >= 0.3 is 0 Å². The largest absolute Gasteiger partial charge is 0.316 e. The standard InChI is InChI=1S/C6H8N4S2/c7-3-5(8)1-2-11-6-10-9-4-12-6/h4-5H,1-2,8H2. The zero-order chi connectivity index (χ0) is 8.81. The predicted molar refractivity (Wildman–Crippen MR) is 48.8 cm³/mol. The molecule has 4 nitrogen and oxygen atoms in total. The molecule has 0 spiro atoms. The molecule has 64 valence electrons. The third-order valence-corrected chi connectivity index (χ3v) is 3.05. The van der Waals surface area contributed by atoms with Crippen LogP contribution in [0.15, 0.2) is 9.85 Å². The molecule has 2 N–H and O–H groups in total. The monoisotopic (exact) mass is 200 g/mol. The zero-order valence-corrected chi connectivity index (χ0v) is 7.94. The van der Waals surface area contributed by atoms with Crippen molar-refractivity contribution in [2.24, 2.45) is 5.73 Å². The highest BCUT2D eigenvalue weighted by Gasteiger charge is 2.01. The van der Waals surface area contributed by atoms with Crippen LogP contribution in [0.1, 0.15) is 6.42 Å². The predicted octanol–water partition coefficient (Wildman–Crippen LogP) is 0.871. The number of hydrogen-bond acceptors (Lipinski definition) is 6. The van der Waals surface area contributed by atoms with Gasteiger partial charge in [0.05, 0.1) is 12.1 Å². The fourth-order valence-corrected chi connectivity index (χ4v) is 2.14. The molecular formula is C6H8N4S2. The molecule has 1 aromatic rings. The van der Waals surface area contributed by atoms with E-state index < -0.39 is 0 Å². The minimum absolute atomic E-state index is 0.356. The summed E-state index contributed by atoms with van der Waals surface area (Å²) in [5, 5.41) is 15.9. The average Bonchev–Trinajstić information content (AvgIpc) is 2.57. The highest BCUT2D eigenvalue weighted by Crippen LogP contribution is 2.19. The molecule has 0 radical (unpaired) electrons. The maximum atomic E-state index is 8.38. The molecule has 1 unspecified atom stereocenters. The van der Waals surface area contributed by atoms with Crippen LogP contribution in [-0.2, 0) is 0 Å².